The van der Waals surface area contributed by atoms with Gasteiger partial charge in [-0.3, -0.25) is 4.79 Å². The number of benzene rings is 1. The zero-order valence-electron chi connectivity index (χ0n) is 10.9. The van der Waals surface area contributed by atoms with Crippen molar-refractivity contribution in [2.75, 3.05) is 19.0 Å². The smallest absolute Gasteiger partial charge is 0.238 e. The first-order valence-electron chi connectivity index (χ1n) is 5.89. The molecule has 0 spiro atoms. The van der Waals surface area contributed by atoms with Gasteiger partial charge in [-0.05, 0) is 31.2 Å². The van der Waals surface area contributed by atoms with Crippen LogP contribution in [0, 0.1) is 6.92 Å². The van der Waals surface area contributed by atoms with Gasteiger partial charge in [0.05, 0.1) is 19.3 Å². The summed E-state index contributed by atoms with van der Waals surface area (Å²) in [5, 5.41) is 2.74. The molecule has 100 valence electrons. The highest BCUT2D eigenvalue weighted by Gasteiger charge is 2.12. The Kier molecular flexibility index (Phi) is 3.87. The molecule has 5 nitrogen and oxygen atoms in total. The Morgan fingerprint density at radius 2 is 2.16 bits per heavy atom. The highest BCUT2D eigenvalue weighted by Crippen LogP contribution is 2.32. The largest absolute Gasteiger partial charge is 0.497 e. The number of nitrogens with one attached hydrogen (secondary N) is 1. The van der Waals surface area contributed by atoms with Crippen LogP contribution in [0.3, 0.4) is 0 Å². The Labute approximate surface area is 111 Å². The van der Waals surface area contributed by atoms with Crippen molar-refractivity contribution < 1.29 is 13.9 Å². The van der Waals surface area contributed by atoms with E-state index in [0.29, 0.717) is 17.2 Å². The highest BCUT2D eigenvalue weighted by atomic mass is 16.5. The van der Waals surface area contributed by atoms with Crippen molar-refractivity contribution in [2.45, 2.75) is 6.92 Å². The molecular formula is C14H16N2O3. The Hall–Kier alpha value is -2.27. The van der Waals surface area contributed by atoms with Crippen LogP contribution in [-0.4, -0.2) is 19.6 Å². The quantitative estimate of drug-likeness (QED) is 0.883. The summed E-state index contributed by atoms with van der Waals surface area (Å²) in [6.45, 7) is 1.79. The molecule has 1 heterocycles. The first-order valence-corrected chi connectivity index (χ1v) is 5.89. The van der Waals surface area contributed by atoms with Crippen molar-refractivity contribution in [3.8, 4) is 17.1 Å². The lowest BCUT2D eigenvalue weighted by atomic mass is 10.1. The van der Waals surface area contributed by atoms with Crippen molar-refractivity contribution >= 4 is 11.6 Å². The molecule has 2 aromatic rings. The summed E-state index contributed by atoms with van der Waals surface area (Å²) in [5.41, 5.74) is 6.72. The van der Waals surface area contributed by atoms with Crippen LogP contribution in [0.15, 0.2) is 34.7 Å². The number of furan rings is 1. The highest BCUT2D eigenvalue weighted by molar-refractivity contribution is 5.96. The number of hydrogen-bond acceptors (Lipinski definition) is 4. The molecule has 0 aliphatic rings. The molecule has 0 bridgehead atoms. The average Bonchev–Trinajstić information content (AvgIpc) is 2.84. The summed E-state index contributed by atoms with van der Waals surface area (Å²) in [6.07, 6.45) is 0. The molecular weight excluding hydrogens is 244 g/mol. The molecule has 1 aromatic heterocycles. The second kappa shape index (κ2) is 5.58. The van der Waals surface area contributed by atoms with Crippen LogP contribution in [0.25, 0.3) is 11.3 Å². The number of hydrogen-bond donors (Lipinski definition) is 2. The second-order valence-corrected chi connectivity index (χ2v) is 4.07. The molecule has 0 saturated heterocycles. The van der Waals surface area contributed by atoms with Gasteiger partial charge in [-0.15, -0.1) is 0 Å². The zero-order chi connectivity index (χ0) is 13.8. The number of carbonyl (C=O) groups excluding carboxylic acids is 1. The number of aryl methyl sites for hydroxylation is 1. The lowest BCUT2D eigenvalue weighted by molar-refractivity contribution is -0.114. The van der Waals surface area contributed by atoms with E-state index in [1.807, 2.05) is 31.2 Å². The minimum absolute atomic E-state index is 0.0756. The first-order chi connectivity index (χ1) is 9.13. The predicted octanol–water partition coefficient (Wildman–Crippen LogP) is 2.16. The third-order valence-electron chi connectivity index (χ3n) is 2.69. The molecule has 0 unspecified atom stereocenters. The number of rotatable bonds is 4. The molecule has 3 N–H and O–H groups in total. The fourth-order valence-electron chi connectivity index (χ4n) is 1.75. The van der Waals surface area contributed by atoms with Crippen molar-refractivity contribution in [2.24, 2.45) is 5.73 Å². The number of nitrogens with two attached hydrogens (primary N) is 1. The summed E-state index contributed by atoms with van der Waals surface area (Å²) in [7, 11) is 1.57. The van der Waals surface area contributed by atoms with Gasteiger partial charge in [0.1, 0.15) is 17.3 Å². The van der Waals surface area contributed by atoms with E-state index in [1.165, 1.54) is 0 Å². The summed E-state index contributed by atoms with van der Waals surface area (Å²) in [6, 6.07) is 9.11. The SMILES string of the molecule is COc1ccc(-c2ccc(C)o2)c(NC(=O)CN)c1. The first kappa shape index (κ1) is 13.2. The molecule has 1 amide bonds. The van der Waals surface area contributed by atoms with E-state index in [2.05, 4.69) is 5.32 Å². The summed E-state index contributed by atoms with van der Waals surface area (Å²) in [5.74, 6) is 1.88. The Morgan fingerprint density at radius 1 is 1.37 bits per heavy atom. The van der Waals surface area contributed by atoms with Gasteiger partial charge in [0.25, 0.3) is 0 Å². The lowest BCUT2D eigenvalue weighted by Crippen LogP contribution is -2.22. The fourth-order valence-corrected chi connectivity index (χ4v) is 1.75. The number of methoxy groups -OCH3 is 1. The van der Waals surface area contributed by atoms with Crippen LogP contribution >= 0.6 is 0 Å². The standard InChI is InChI=1S/C14H16N2O3/c1-9-3-6-13(19-9)11-5-4-10(18-2)7-12(11)16-14(17)8-15/h3-7H,8,15H2,1-2H3,(H,16,17). The Morgan fingerprint density at radius 3 is 2.74 bits per heavy atom. The van der Waals surface area contributed by atoms with Crippen LogP contribution in [0.2, 0.25) is 0 Å². The zero-order valence-corrected chi connectivity index (χ0v) is 10.9. The van der Waals surface area contributed by atoms with Crippen LogP contribution in [0.1, 0.15) is 5.76 Å². The van der Waals surface area contributed by atoms with E-state index in [4.69, 9.17) is 14.9 Å². The summed E-state index contributed by atoms with van der Waals surface area (Å²) < 4.78 is 10.7. The topological polar surface area (TPSA) is 77.5 Å². The molecule has 19 heavy (non-hydrogen) atoms. The van der Waals surface area contributed by atoms with E-state index in [0.717, 1.165) is 11.3 Å². The van der Waals surface area contributed by atoms with Crippen LogP contribution in [-0.2, 0) is 4.79 Å². The van der Waals surface area contributed by atoms with Crippen LogP contribution < -0.4 is 15.8 Å². The van der Waals surface area contributed by atoms with Crippen molar-refractivity contribution in [1.82, 2.24) is 0 Å². The molecule has 0 radical (unpaired) electrons. The van der Waals surface area contributed by atoms with Crippen molar-refractivity contribution in [1.29, 1.82) is 0 Å². The number of anilines is 1. The van der Waals surface area contributed by atoms with Gasteiger partial charge in [-0.25, -0.2) is 0 Å². The maximum Gasteiger partial charge on any atom is 0.238 e. The number of carbonyl (C=O) groups is 1. The fraction of sp³-hybridized carbons (Fsp3) is 0.214. The molecule has 0 fully saturated rings. The van der Waals surface area contributed by atoms with Gasteiger partial charge in [-0.2, -0.15) is 0 Å². The third-order valence-corrected chi connectivity index (χ3v) is 2.69. The maximum atomic E-state index is 11.5. The minimum atomic E-state index is -0.266. The van der Waals surface area contributed by atoms with E-state index in [1.54, 1.807) is 13.2 Å². The van der Waals surface area contributed by atoms with Gasteiger partial charge in [0.15, 0.2) is 0 Å². The number of ether oxygens (including phenoxy) is 1. The van der Waals surface area contributed by atoms with Gasteiger partial charge in [-0.1, -0.05) is 0 Å². The minimum Gasteiger partial charge on any atom is -0.497 e. The van der Waals surface area contributed by atoms with E-state index in [9.17, 15) is 4.79 Å². The van der Waals surface area contributed by atoms with Crippen LogP contribution in [0.4, 0.5) is 5.69 Å². The molecule has 0 aliphatic carbocycles. The molecule has 0 atom stereocenters. The van der Waals surface area contributed by atoms with Crippen LogP contribution in [0.5, 0.6) is 5.75 Å². The van der Waals surface area contributed by atoms with Crippen molar-refractivity contribution in [3.05, 3.63) is 36.1 Å². The lowest BCUT2D eigenvalue weighted by Gasteiger charge is -2.10. The molecule has 0 saturated carbocycles. The summed E-state index contributed by atoms with van der Waals surface area (Å²) in [4.78, 5) is 11.5. The van der Waals surface area contributed by atoms with Crippen molar-refractivity contribution in [3.63, 3.8) is 0 Å². The van der Waals surface area contributed by atoms with E-state index in [-0.39, 0.29) is 12.5 Å². The molecule has 2 rings (SSSR count). The van der Waals surface area contributed by atoms with Gasteiger partial charge >= 0.3 is 0 Å². The predicted molar refractivity (Wildman–Crippen MR) is 73.1 cm³/mol. The van der Waals surface area contributed by atoms with E-state index >= 15 is 0 Å². The number of amides is 1. The second-order valence-electron chi connectivity index (χ2n) is 4.07. The monoisotopic (exact) mass is 260 g/mol. The average molecular weight is 260 g/mol. The van der Waals surface area contributed by atoms with Gasteiger partial charge in [0.2, 0.25) is 5.91 Å². The van der Waals surface area contributed by atoms with Gasteiger partial charge < -0.3 is 20.2 Å². The maximum absolute atomic E-state index is 11.5. The van der Waals surface area contributed by atoms with Gasteiger partial charge in [0, 0.05) is 11.6 Å². The normalized spacial score (nSPS) is 10.3. The molecule has 1 aromatic carbocycles. The molecule has 5 heteroatoms. The Balaban J connectivity index is 2.44. The van der Waals surface area contributed by atoms with E-state index < -0.39 is 0 Å². The summed E-state index contributed by atoms with van der Waals surface area (Å²) >= 11 is 0. The Bertz CT molecular complexity index is 590. The molecule has 0 aliphatic heterocycles. The third kappa shape index (κ3) is 2.95.